The van der Waals surface area contributed by atoms with E-state index in [0.29, 0.717) is 45.9 Å². The third-order valence-corrected chi connectivity index (χ3v) is 4.45. The highest BCUT2D eigenvalue weighted by molar-refractivity contribution is 6.30. The van der Waals surface area contributed by atoms with Crippen LogP contribution in [0.1, 0.15) is 68.9 Å². The number of aromatic carboxylic acids is 1. The third-order valence-electron chi connectivity index (χ3n) is 4.20. The van der Waals surface area contributed by atoms with Crippen molar-refractivity contribution in [1.82, 2.24) is 4.98 Å². The second kappa shape index (κ2) is 7.93. The van der Waals surface area contributed by atoms with E-state index in [1.54, 1.807) is 24.3 Å². The predicted octanol–water partition coefficient (Wildman–Crippen LogP) is 6.15. The molecule has 1 heterocycles. The second-order valence-corrected chi connectivity index (χ2v) is 9.97. The minimum absolute atomic E-state index is 0.0976. The highest BCUT2D eigenvalue weighted by atomic mass is 35.5. The minimum Gasteiger partial charge on any atom is -0.478 e. The first-order valence-electron chi connectivity index (χ1n) is 9.27. The van der Waals surface area contributed by atoms with Crippen LogP contribution in [0, 0.1) is 22.2 Å². The van der Waals surface area contributed by atoms with Crippen LogP contribution in [0.25, 0.3) is 11.1 Å². The second-order valence-electron chi connectivity index (χ2n) is 9.53. The SMILES string of the molecule is CC(C)(C)Cc1nc(CC(C)(C)C)c(C(=O)O)c(-c2ccc(Cl)cc2)c1C#N. The Morgan fingerprint density at radius 2 is 1.54 bits per heavy atom. The van der Waals surface area contributed by atoms with Gasteiger partial charge in [-0.2, -0.15) is 5.26 Å². The first-order valence-corrected chi connectivity index (χ1v) is 9.65. The van der Waals surface area contributed by atoms with E-state index < -0.39 is 5.97 Å². The molecule has 0 aliphatic heterocycles. The lowest BCUT2D eigenvalue weighted by Crippen LogP contribution is -2.20. The zero-order valence-corrected chi connectivity index (χ0v) is 18.1. The number of carbonyl (C=O) groups is 1. The number of hydrogen-bond donors (Lipinski definition) is 1. The summed E-state index contributed by atoms with van der Waals surface area (Å²) in [6.45, 7) is 12.4. The molecule has 0 fully saturated rings. The van der Waals surface area contributed by atoms with Crippen molar-refractivity contribution in [3.05, 3.63) is 51.8 Å². The van der Waals surface area contributed by atoms with Gasteiger partial charge in [0.05, 0.1) is 22.5 Å². The average molecular weight is 399 g/mol. The van der Waals surface area contributed by atoms with Crippen molar-refractivity contribution in [2.24, 2.45) is 10.8 Å². The summed E-state index contributed by atoms with van der Waals surface area (Å²) < 4.78 is 0. The van der Waals surface area contributed by atoms with Gasteiger partial charge < -0.3 is 5.11 Å². The van der Waals surface area contributed by atoms with Crippen molar-refractivity contribution in [3.8, 4) is 17.2 Å². The number of carboxylic acid groups (broad SMARTS) is 1. The molecule has 0 unspecified atom stereocenters. The van der Waals surface area contributed by atoms with E-state index in [9.17, 15) is 15.2 Å². The van der Waals surface area contributed by atoms with Gasteiger partial charge in [0, 0.05) is 10.6 Å². The van der Waals surface area contributed by atoms with E-state index in [-0.39, 0.29) is 16.4 Å². The number of hydrogen-bond acceptors (Lipinski definition) is 3. The van der Waals surface area contributed by atoms with Crippen LogP contribution in [0.15, 0.2) is 24.3 Å². The molecule has 0 aliphatic carbocycles. The summed E-state index contributed by atoms with van der Waals surface area (Å²) in [6.07, 6.45) is 1.07. The van der Waals surface area contributed by atoms with Crippen LogP contribution in [0.3, 0.4) is 0 Å². The van der Waals surface area contributed by atoms with Gasteiger partial charge in [-0.15, -0.1) is 0 Å². The molecule has 4 nitrogen and oxygen atoms in total. The first kappa shape index (κ1) is 21.9. The van der Waals surface area contributed by atoms with Crippen LogP contribution < -0.4 is 0 Å². The van der Waals surface area contributed by atoms with Gasteiger partial charge in [-0.3, -0.25) is 4.98 Å². The molecule has 2 rings (SSSR count). The molecule has 148 valence electrons. The van der Waals surface area contributed by atoms with Gasteiger partial charge >= 0.3 is 5.97 Å². The van der Waals surface area contributed by atoms with Crippen molar-refractivity contribution < 1.29 is 9.90 Å². The number of carboxylic acids is 1. The van der Waals surface area contributed by atoms with E-state index >= 15 is 0 Å². The van der Waals surface area contributed by atoms with Gasteiger partial charge in [0.1, 0.15) is 6.07 Å². The maximum atomic E-state index is 12.3. The summed E-state index contributed by atoms with van der Waals surface area (Å²) in [5.41, 5.74) is 2.43. The summed E-state index contributed by atoms with van der Waals surface area (Å²) in [4.78, 5) is 17.0. The number of nitriles is 1. The highest BCUT2D eigenvalue weighted by Gasteiger charge is 2.29. The topological polar surface area (TPSA) is 74.0 Å². The zero-order chi connectivity index (χ0) is 21.3. The summed E-state index contributed by atoms with van der Waals surface area (Å²) in [5.74, 6) is -1.07. The molecule has 28 heavy (non-hydrogen) atoms. The lowest BCUT2D eigenvalue weighted by Gasteiger charge is -2.24. The summed E-state index contributed by atoms with van der Waals surface area (Å²) in [6, 6.07) is 9.15. The molecule has 5 heteroatoms. The van der Waals surface area contributed by atoms with Gasteiger partial charge in [0.25, 0.3) is 0 Å². The smallest absolute Gasteiger partial charge is 0.338 e. The lowest BCUT2D eigenvalue weighted by atomic mass is 9.82. The quantitative estimate of drug-likeness (QED) is 0.670. The van der Waals surface area contributed by atoms with E-state index in [2.05, 4.69) is 26.8 Å². The molecule has 0 bridgehead atoms. The van der Waals surface area contributed by atoms with E-state index in [0.717, 1.165) is 0 Å². The molecule has 1 aromatic carbocycles. The maximum absolute atomic E-state index is 12.3. The van der Waals surface area contributed by atoms with Crippen LogP contribution in [0.4, 0.5) is 0 Å². The standard InChI is InChI=1S/C23H27ClN2O2/c1-22(2,3)11-17-16(13-25)19(14-7-9-15(24)10-8-14)20(21(27)28)18(26-17)12-23(4,5)6/h7-10H,11-12H2,1-6H3,(H,27,28). The fraction of sp³-hybridized carbons (Fsp3) is 0.435. The highest BCUT2D eigenvalue weighted by Crippen LogP contribution is 2.36. The predicted molar refractivity (Wildman–Crippen MR) is 113 cm³/mol. The van der Waals surface area contributed by atoms with Crippen molar-refractivity contribution in [3.63, 3.8) is 0 Å². The van der Waals surface area contributed by atoms with Crippen molar-refractivity contribution >= 4 is 17.6 Å². The largest absolute Gasteiger partial charge is 0.478 e. The minimum atomic E-state index is -1.07. The molecule has 1 aromatic heterocycles. The fourth-order valence-electron chi connectivity index (χ4n) is 3.20. The molecule has 1 N–H and O–H groups in total. The fourth-order valence-corrected chi connectivity index (χ4v) is 3.33. The molecular formula is C23H27ClN2O2. The molecule has 0 radical (unpaired) electrons. The Labute approximate surface area is 172 Å². The van der Waals surface area contributed by atoms with E-state index in [1.807, 2.05) is 20.8 Å². The van der Waals surface area contributed by atoms with Crippen molar-refractivity contribution in [2.45, 2.75) is 54.4 Å². The Morgan fingerprint density at radius 3 is 1.96 bits per heavy atom. The van der Waals surface area contributed by atoms with Gasteiger partial charge in [0.15, 0.2) is 0 Å². The molecule has 0 spiro atoms. The number of rotatable bonds is 4. The van der Waals surface area contributed by atoms with Crippen molar-refractivity contribution in [1.29, 1.82) is 5.26 Å². The number of benzene rings is 1. The number of pyridine rings is 1. The Balaban J connectivity index is 2.93. The molecule has 2 aromatic rings. The first-order chi connectivity index (χ1) is 12.8. The van der Waals surface area contributed by atoms with Crippen LogP contribution >= 0.6 is 11.6 Å². The summed E-state index contributed by atoms with van der Waals surface area (Å²) in [5, 5.41) is 20.5. The van der Waals surface area contributed by atoms with Gasteiger partial charge in [-0.1, -0.05) is 65.3 Å². The monoisotopic (exact) mass is 398 g/mol. The van der Waals surface area contributed by atoms with Gasteiger partial charge in [0.2, 0.25) is 0 Å². The lowest BCUT2D eigenvalue weighted by molar-refractivity contribution is 0.0695. The average Bonchev–Trinajstić information content (AvgIpc) is 2.51. The van der Waals surface area contributed by atoms with Crippen LogP contribution in [-0.2, 0) is 12.8 Å². The number of aromatic nitrogens is 1. The Hall–Kier alpha value is -2.38. The summed E-state index contributed by atoms with van der Waals surface area (Å²) >= 11 is 6.02. The van der Waals surface area contributed by atoms with Crippen LogP contribution in [-0.4, -0.2) is 16.1 Å². The Bertz CT molecular complexity index is 928. The normalized spacial score (nSPS) is 11.9. The Kier molecular flexibility index (Phi) is 6.21. The number of nitrogens with zero attached hydrogens (tertiary/aromatic N) is 2. The third kappa shape index (κ3) is 5.33. The number of halogens is 1. The summed E-state index contributed by atoms with van der Waals surface area (Å²) in [7, 11) is 0. The van der Waals surface area contributed by atoms with Crippen molar-refractivity contribution in [2.75, 3.05) is 0 Å². The molecule has 0 saturated heterocycles. The zero-order valence-electron chi connectivity index (χ0n) is 17.4. The molecule has 0 aliphatic rings. The molecular weight excluding hydrogens is 372 g/mol. The Morgan fingerprint density at radius 1 is 1.04 bits per heavy atom. The van der Waals surface area contributed by atoms with E-state index in [1.165, 1.54) is 0 Å². The molecule has 0 saturated carbocycles. The van der Waals surface area contributed by atoms with E-state index in [4.69, 9.17) is 16.6 Å². The van der Waals surface area contributed by atoms with Crippen LogP contribution in [0.5, 0.6) is 0 Å². The van der Waals surface area contributed by atoms with Crippen LogP contribution in [0.2, 0.25) is 5.02 Å². The van der Waals surface area contributed by atoms with Gasteiger partial charge in [-0.05, 0) is 41.4 Å². The molecule has 0 amide bonds. The van der Waals surface area contributed by atoms with Gasteiger partial charge in [-0.25, -0.2) is 4.79 Å². The maximum Gasteiger partial charge on any atom is 0.338 e. The molecule has 0 atom stereocenters.